The average molecular weight is 353 g/mol. The molecule has 3 rings (SSSR count). The van der Waals surface area contributed by atoms with E-state index >= 15 is 0 Å². The first kappa shape index (κ1) is 18.2. The third kappa shape index (κ3) is 4.15. The van der Waals surface area contributed by atoms with Gasteiger partial charge >= 0.3 is 0 Å². The summed E-state index contributed by atoms with van der Waals surface area (Å²) in [5.74, 6) is -2.69. The van der Waals surface area contributed by atoms with Crippen LogP contribution in [0.4, 0.5) is 8.78 Å². The second-order valence-corrected chi connectivity index (χ2v) is 7.05. The lowest BCUT2D eigenvalue weighted by atomic mass is 10.0. The lowest BCUT2D eigenvalue weighted by molar-refractivity contribution is 0.00285. The van der Waals surface area contributed by atoms with E-state index in [1.54, 1.807) is 24.3 Å². The molecule has 0 aromatic carbocycles. The first-order valence-electron chi connectivity index (χ1n) is 8.74. The molecule has 2 saturated heterocycles. The van der Waals surface area contributed by atoms with Crippen molar-refractivity contribution in [2.45, 2.75) is 44.2 Å². The number of pyridine rings is 1. The molecular formula is C18H25F2N3O2. The molecule has 2 fully saturated rings. The van der Waals surface area contributed by atoms with E-state index < -0.39 is 5.92 Å². The monoisotopic (exact) mass is 353 g/mol. The molecule has 5 nitrogen and oxygen atoms in total. The first-order chi connectivity index (χ1) is 11.9. The molecule has 1 aromatic heterocycles. The van der Waals surface area contributed by atoms with Crippen molar-refractivity contribution in [2.75, 3.05) is 33.4 Å². The van der Waals surface area contributed by atoms with Gasteiger partial charge in [-0.15, -0.1) is 0 Å². The summed E-state index contributed by atoms with van der Waals surface area (Å²) in [6.45, 7) is 3.16. The number of carbonyl (C=O) groups is 1. The Morgan fingerprint density at radius 3 is 2.68 bits per heavy atom. The zero-order chi connectivity index (χ0) is 18.0. The van der Waals surface area contributed by atoms with Crippen molar-refractivity contribution in [1.82, 2.24) is 14.8 Å². The second kappa shape index (κ2) is 7.33. The van der Waals surface area contributed by atoms with Crippen LogP contribution < -0.4 is 0 Å². The third-order valence-electron chi connectivity index (χ3n) is 5.16. The molecule has 3 heterocycles. The van der Waals surface area contributed by atoms with Gasteiger partial charge in [0.15, 0.2) is 0 Å². The number of amides is 1. The Bertz CT molecular complexity index is 601. The summed E-state index contributed by atoms with van der Waals surface area (Å²) in [6.07, 6.45) is 2.87. The first-order valence-corrected chi connectivity index (χ1v) is 8.74. The van der Waals surface area contributed by atoms with E-state index in [2.05, 4.69) is 4.98 Å². The normalized spacial score (nSPS) is 24.6. The maximum Gasteiger partial charge on any atom is 0.262 e. The van der Waals surface area contributed by atoms with E-state index in [1.165, 1.54) is 0 Å². The number of hydrogen-bond donors (Lipinski definition) is 0. The van der Waals surface area contributed by atoms with Gasteiger partial charge < -0.3 is 9.64 Å². The quantitative estimate of drug-likeness (QED) is 0.834. The van der Waals surface area contributed by atoms with Crippen LogP contribution in [0.2, 0.25) is 0 Å². The van der Waals surface area contributed by atoms with Gasteiger partial charge in [0.25, 0.3) is 11.8 Å². The zero-order valence-electron chi connectivity index (χ0n) is 14.8. The smallest absolute Gasteiger partial charge is 0.262 e. The lowest BCUT2D eigenvalue weighted by Crippen LogP contribution is -2.49. The summed E-state index contributed by atoms with van der Waals surface area (Å²) in [7, 11) is 1.55. The van der Waals surface area contributed by atoms with Crippen LogP contribution in [0.1, 0.15) is 35.3 Å². The summed E-state index contributed by atoms with van der Waals surface area (Å²) < 4.78 is 32.7. The fourth-order valence-corrected chi connectivity index (χ4v) is 3.87. The van der Waals surface area contributed by atoms with E-state index in [0.717, 1.165) is 5.69 Å². The van der Waals surface area contributed by atoms with Gasteiger partial charge in [0, 0.05) is 50.6 Å². The van der Waals surface area contributed by atoms with Crippen LogP contribution in [-0.2, 0) is 4.74 Å². The predicted octanol–water partition coefficient (Wildman–Crippen LogP) is 2.35. The minimum Gasteiger partial charge on any atom is -0.383 e. The Morgan fingerprint density at radius 1 is 1.36 bits per heavy atom. The molecule has 0 radical (unpaired) electrons. The van der Waals surface area contributed by atoms with Gasteiger partial charge in [-0.2, -0.15) is 0 Å². The van der Waals surface area contributed by atoms with Crippen molar-refractivity contribution < 1.29 is 18.3 Å². The number of ether oxygens (including phenoxy) is 1. The molecule has 2 aliphatic rings. The van der Waals surface area contributed by atoms with E-state index in [0.29, 0.717) is 38.1 Å². The predicted molar refractivity (Wildman–Crippen MR) is 89.8 cm³/mol. The molecule has 1 atom stereocenters. The van der Waals surface area contributed by atoms with Crippen LogP contribution in [0.3, 0.4) is 0 Å². The maximum atomic E-state index is 13.8. The average Bonchev–Trinajstić information content (AvgIpc) is 2.90. The van der Waals surface area contributed by atoms with Crippen molar-refractivity contribution in [2.24, 2.45) is 0 Å². The SMILES string of the molecule is COC[C@@H]1CC(F)(F)CN1C1CCN(C(=O)c2ccc(C)nc2)CC1. The van der Waals surface area contributed by atoms with E-state index in [1.807, 2.05) is 17.9 Å². The van der Waals surface area contributed by atoms with Gasteiger partial charge in [0.05, 0.1) is 18.7 Å². The molecule has 7 heteroatoms. The number of nitrogens with zero attached hydrogens (tertiary/aromatic N) is 3. The van der Waals surface area contributed by atoms with Gasteiger partial charge in [0.2, 0.25) is 0 Å². The lowest BCUT2D eigenvalue weighted by Gasteiger charge is -2.39. The minimum atomic E-state index is -2.65. The van der Waals surface area contributed by atoms with Gasteiger partial charge in [0.1, 0.15) is 0 Å². The zero-order valence-corrected chi connectivity index (χ0v) is 14.8. The van der Waals surface area contributed by atoms with E-state index in [9.17, 15) is 13.6 Å². The molecule has 0 N–H and O–H groups in total. The Morgan fingerprint density at radius 2 is 2.08 bits per heavy atom. The number of aryl methyl sites for hydroxylation is 1. The number of likely N-dealkylation sites (tertiary alicyclic amines) is 2. The Hall–Kier alpha value is -1.60. The van der Waals surface area contributed by atoms with Crippen LogP contribution in [0.25, 0.3) is 0 Å². The summed E-state index contributed by atoms with van der Waals surface area (Å²) >= 11 is 0. The summed E-state index contributed by atoms with van der Waals surface area (Å²) in [4.78, 5) is 20.4. The summed E-state index contributed by atoms with van der Waals surface area (Å²) in [5.41, 5.74) is 1.45. The molecule has 0 bridgehead atoms. The van der Waals surface area contributed by atoms with Crippen molar-refractivity contribution in [1.29, 1.82) is 0 Å². The van der Waals surface area contributed by atoms with E-state index in [4.69, 9.17) is 4.74 Å². The number of piperidine rings is 1. The second-order valence-electron chi connectivity index (χ2n) is 7.05. The number of hydrogen-bond acceptors (Lipinski definition) is 4. The van der Waals surface area contributed by atoms with Gasteiger partial charge in [-0.1, -0.05) is 0 Å². The van der Waals surface area contributed by atoms with Crippen molar-refractivity contribution >= 4 is 5.91 Å². The molecule has 1 aromatic rings. The number of aromatic nitrogens is 1. The molecule has 25 heavy (non-hydrogen) atoms. The highest BCUT2D eigenvalue weighted by Crippen LogP contribution is 2.35. The number of methoxy groups -OCH3 is 1. The highest BCUT2D eigenvalue weighted by Gasteiger charge is 2.47. The Balaban J connectivity index is 1.59. The molecule has 138 valence electrons. The van der Waals surface area contributed by atoms with Crippen LogP contribution in [0.5, 0.6) is 0 Å². The molecule has 0 aliphatic carbocycles. The number of rotatable bonds is 4. The number of carbonyl (C=O) groups excluding carboxylic acids is 1. The molecule has 0 spiro atoms. The van der Waals surface area contributed by atoms with Gasteiger partial charge in [-0.3, -0.25) is 14.7 Å². The summed E-state index contributed by atoms with van der Waals surface area (Å²) in [5, 5.41) is 0. The van der Waals surface area contributed by atoms with Crippen molar-refractivity contribution in [3.63, 3.8) is 0 Å². The van der Waals surface area contributed by atoms with Crippen LogP contribution in [0.15, 0.2) is 18.3 Å². The van der Waals surface area contributed by atoms with Gasteiger partial charge in [-0.25, -0.2) is 8.78 Å². The van der Waals surface area contributed by atoms with Gasteiger partial charge in [-0.05, 0) is 31.9 Å². The highest BCUT2D eigenvalue weighted by atomic mass is 19.3. The Labute approximate surface area is 147 Å². The van der Waals surface area contributed by atoms with Crippen molar-refractivity contribution in [3.05, 3.63) is 29.6 Å². The van der Waals surface area contributed by atoms with Crippen LogP contribution >= 0.6 is 0 Å². The molecule has 1 amide bonds. The topological polar surface area (TPSA) is 45.7 Å². The van der Waals surface area contributed by atoms with E-state index in [-0.39, 0.29) is 31.0 Å². The highest BCUT2D eigenvalue weighted by molar-refractivity contribution is 5.94. The minimum absolute atomic E-state index is 0.0360. The van der Waals surface area contributed by atoms with Crippen LogP contribution in [-0.4, -0.2) is 72.0 Å². The maximum absolute atomic E-state index is 13.8. The molecule has 0 saturated carbocycles. The molecule has 0 unspecified atom stereocenters. The summed E-state index contributed by atoms with van der Waals surface area (Å²) in [6, 6.07) is 3.44. The molecule has 2 aliphatic heterocycles. The third-order valence-corrected chi connectivity index (χ3v) is 5.16. The fourth-order valence-electron chi connectivity index (χ4n) is 3.87. The number of halogens is 2. The largest absolute Gasteiger partial charge is 0.383 e. The number of alkyl halides is 2. The Kier molecular flexibility index (Phi) is 5.34. The van der Waals surface area contributed by atoms with Crippen molar-refractivity contribution in [3.8, 4) is 0 Å². The molecular weight excluding hydrogens is 328 g/mol. The van der Waals surface area contributed by atoms with Crippen LogP contribution in [0, 0.1) is 6.92 Å². The fraction of sp³-hybridized carbons (Fsp3) is 0.667. The standard InChI is InChI=1S/C18H25F2N3O2/c1-13-3-4-14(10-21-13)17(24)22-7-5-15(6-8-22)23-12-18(19,20)9-16(23)11-25-2/h3-4,10,15-16H,5-9,11-12H2,1-2H3/t16-/m0/s1.